The maximum atomic E-state index is 4.00. The Morgan fingerprint density at radius 2 is 1.14 bits per heavy atom. The van der Waals surface area contributed by atoms with E-state index in [1.54, 1.807) is 0 Å². The molecule has 1 atom stereocenters. The summed E-state index contributed by atoms with van der Waals surface area (Å²) in [6.45, 7) is 4.77. The smallest absolute Gasteiger partial charge is 0.0767 e. The summed E-state index contributed by atoms with van der Waals surface area (Å²) in [6.07, 6.45) is 4.05. The molecule has 50 heavy (non-hydrogen) atoms. The minimum Gasteiger partial charge on any atom is -0.374 e. The van der Waals surface area contributed by atoms with Gasteiger partial charge in [-0.1, -0.05) is 153 Å². The minimum absolute atomic E-state index is 0.0899. The summed E-state index contributed by atoms with van der Waals surface area (Å²) in [4.78, 5) is 0. The van der Waals surface area contributed by atoms with Gasteiger partial charge in [0.2, 0.25) is 0 Å². The lowest BCUT2D eigenvalue weighted by molar-refractivity contribution is 0.563. The van der Waals surface area contributed by atoms with Crippen LogP contribution in [0.15, 0.2) is 163 Å². The van der Waals surface area contributed by atoms with Crippen molar-refractivity contribution in [3.8, 4) is 11.1 Å². The van der Waals surface area contributed by atoms with E-state index < -0.39 is 5.41 Å². The van der Waals surface area contributed by atoms with Crippen molar-refractivity contribution in [1.82, 2.24) is 0 Å². The summed E-state index contributed by atoms with van der Waals surface area (Å²) in [5, 5.41) is 8.69. The molecule has 0 amide bonds. The highest BCUT2D eigenvalue weighted by Gasteiger charge is 2.53. The average Bonchev–Trinajstić information content (AvgIpc) is 3.46. The Morgan fingerprint density at radius 1 is 0.520 bits per heavy atom. The van der Waals surface area contributed by atoms with Gasteiger partial charge in [0.05, 0.1) is 11.5 Å². The quantitative estimate of drug-likeness (QED) is 0.190. The first kappa shape index (κ1) is 28.9. The molecule has 7 aromatic rings. The number of allylic oxidation sites excluding steroid dienone is 1. The number of hydrogen-bond acceptors (Lipinski definition) is 1. The van der Waals surface area contributed by atoms with Crippen LogP contribution in [0.3, 0.4) is 0 Å². The summed E-state index contributed by atoms with van der Waals surface area (Å²) >= 11 is 0. The van der Waals surface area contributed by atoms with Crippen molar-refractivity contribution in [3.05, 3.63) is 218 Å². The van der Waals surface area contributed by atoms with Crippen LogP contribution in [-0.2, 0) is 10.8 Å². The van der Waals surface area contributed by atoms with E-state index in [0.29, 0.717) is 0 Å². The fraction of sp³-hybridized carbons (Fsp3) is 0.102. The van der Waals surface area contributed by atoms with Gasteiger partial charge in [-0.25, -0.2) is 0 Å². The summed E-state index contributed by atoms with van der Waals surface area (Å²) in [5.41, 5.74) is 20.2. The predicted molar refractivity (Wildman–Crippen MR) is 207 cm³/mol. The molecule has 0 saturated carbocycles. The molecule has 1 nitrogen and oxygen atoms in total. The van der Waals surface area contributed by atoms with Crippen molar-refractivity contribution >= 4 is 28.3 Å². The van der Waals surface area contributed by atoms with E-state index >= 15 is 0 Å². The second-order valence-electron chi connectivity index (χ2n) is 14.4. The van der Waals surface area contributed by atoms with Gasteiger partial charge in [-0.3, -0.25) is 0 Å². The molecular weight excluding hydrogens is 603 g/mol. The molecule has 0 saturated heterocycles. The van der Waals surface area contributed by atoms with Crippen molar-refractivity contribution in [2.75, 3.05) is 5.32 Å². The van der Waals surface area contributed by atoms with Gasteiger partial charge in [-0.2, -0.15) is 0 Å². The molecule has 7 aromatic carbocycles. The molecule has 1 N–H and O–H groups in total. The molecule has 3 aliphatic carbocycles. The van der Waals surface area contributed by atoms with E-state index in [0.717, 1.165) is 16.1 Å². The average molecular weight is 638 g/mol. The Bertz CT molecular complexity index is 2700. The first-order valence-corrected chi connectivity index (χ1v) is 17.6. The van der Waals surface area contributed by atoms with Crippen LogP contribution in [0.25, 0.3) is 33.7 Å². The van der Waals surface area contributed by atoms with E-state index in [4.69, 9.17) is 0 Å². The van der Waals surface area contributed by atoms with Crippen molar-refractivity contribution in [1.29, 1.82) is 0 Å². The van der Waals surface area contributed by atoms with Crippen molar-refractivity contribution in [3.63, 3.8) is 0 Å². The Balaban J connectivity index is 1.24. The molecular formula is C49H35N. The van der Waals surface area contributed by atoms with Crippen LogP contribution < -0.4 is 15.8 Å². The standard InChI is InChI=1S/C49H35N/c1-48(2)42-19-9-11-21-44(42)49(45-22-12-10-20-43(45)48)41-18-8-7-17-39(41)40-28-26-37(31-46(40)49)47(36-24-23-32-13-3-5-15-34(32)29-36)50-38-27-25-33-14-4-6-16-35(33)30-38/h3,5-13,15-31,47,50H,1-2H3. The largest absolute Gasteiger partial charge is 0.374 e. The first-order valence-electron chi connectivity index (χ1n) is 17.6. The van der Waals surface area contributed by atoms with Crippen LogP contribution in [0.1, 0.15) is 64.4 Å². The van der Waals surface area contributed by atoms with E-state index in [-0.39, 0.29) is 11.5 Å². The lowest BCUT2D eigenvalue weighted by atomic mass is 9.55. The molecule has 0 aromatic heterocycles. The minimum atomic E-state index is -0.437. The van der Waals surface area contributed by atoms with Crippen LogP contribution >= 0.6 is 0 Å². The number of fused-ring (bicyclic) bond motifs is 11. The monoisotopic (exact) mass is 637 g/mol. The molecule has 1 spiro atoms. The van der Waals surface area contributed by atoms with Gasteiger partial charge in [0.15, 0.2) is 0 Å². The summed E-state index contributed by atoms with van der Waals surface area (Å²) in [5.74, 6) is 0. The zero-order valence-electron chi connectivity index (χ0n) is 28.2. The zero-order valence-corrected chi connectivity index (χ0v) is 28.2. The van der Waals surface area contributed by atoms with Crippen molar-refractivity contribution in [2.45, 2.75) is 30.7 Å². The molecule has 0 heterocycles. The normalized spacial score (nSPS) is 15.6. The van der Waals surface area contributed by atoms with Gasteiger partial charge in [0.1, 0.15) is 0 Å². The number of nitrogens with one attached hydrogen (secondary N) is 1. The second-order valence-corrected chi connectivity index (χ2v) is 14.4. The third-order valence-corrected chi connectivity index (χ3v) is 11.4. The highest BCUT2D eigenvalue weighted by atomic mass is 14.9. The molecule has 236 valence electrons. The van der Waals surface area contributed by atoms with Gasteiger partial charge in [0, 0.05) is 16.3 Å². The van der Waals surface area contributed by atoms with Crippen LogP contribution in [0, 0.1) is 0 Å². The fourth-order valence-corrected chi connectivity index (χ4v) is 9.13. The topological polar surface area (TPSA) is 12.0 Å². The highest BCUT2D eigenvalue weighted by molar-refractivity contribution is 5.89. The van der Waals surface area contributed by atoms with Crippen molar-refractivity contribution < 1.29 is 0 Å². The predicted octanol–water partition coefficient (Wildman–Crippen LogP) is 9.93. The highest BCUT2D eigenvalue weighted by Crippen LogP contribution is 2.62. The van der Waals surface area contributed by atoms with Crippen LogP contribution in [0.2, 0.25) is 0 Å². The van der Waals surface area contributed by atoms with Gasteiger partial charge in [-0.15, -0.1) is 0 Å². The summed E-state index contributed by atoms with van der Waals surface area (Å²) in [6, 6.07) is 56.6. The van der Waals surface area contributed by atoms with E-state index in [2.05, 4.69) is 188 Å². The van der Waals surface area contributed by atoms with Gasteiger partial charge in [0.25, 0.3) is 0 Å². The number of anilines is 1. The van der Waals surface area contributed by atoms with E-state index in [1.165, 1.54) is 66.4 Å². The molecule has 0 aliphatic heterocycles. The maximum Gasteiger partial charge on any atom is 0.0767 e. The molecule has 3 aliphatic rings. The SMILES string of the molecule is CC1(C)c2ccccc2C2(c3ccccc3-c3ccc(C(Nc4ccc5c(c4)=CC=C=C=5)c4ccc5ccccc5c4)cc32)c2ccccc21. The van der Waals surface area contributed by atoms with E-state index in [1.807, 2.05) is 6.08 Å². The van der Waals surface area contributed by atoms with Crippen molar-refractivity contribution in [2.24, 2.45) is 0 Å². The lowest BCUT2D eigenvalue weighted by Gasteiger charge is -2.46. The van der Waals surface area contributed by atoms with Gasteiger partial charge in [-0.05, 0) is 108 Å². The molecule has 0 bridgehead atoms. The molecule has 0 radical (unpaired) electrons. The zero-order chi connectivity index (χ0) is 33.5. The second kappa shape index (κ2) is 10.7. The Kier molecular flexibility index (Phi) is 6.18. The molecule has 10 rings (SSSR count). The number of benzene rings is 7. The molecule has 1 heteroatoms. The third-order valence-electron chi connectivity index (χ3n) is 11.4. The first-order chi connectivity index (χ1) is 24.5. The third kappa shape index (κ3) is 4.03. The Morgan fingerprint density at radius 3 is 1.92 bits per heavy atom. The van der Waals surface area contributed by atoms with E-state index in [9.17, 15) is 0 Å². The summed E-state index contributed by atoms with van der Waals surface area (Å²) < 4.78 is 0. The van der Waals surface area contributed by atoms with Crippen LogP contribution in [-0.4, -0.2) is 0 Å². The summed E-state index contributed by atoms with van der Waals surface area (Å²) in [7, 11) is 0. The van der Waals surface area contributed by atoms with Crippen LogP contribution in [0.5, 0.6) is 0 Å². The number of hydrogen-bond donors (Lipinski definition) is 1. The van der Waals surface area contributed by atoms with Gasteiger partial charge < -0.3 is 5.32 Å². The molecule has 1 unspecified atom stereocenters. The number of rotatable bonds is 4. The molecule has 0 fully saturated rings. The Labute approximate surface area is 292 Å². The maximum absolute atomic E-state index is 4.00. The van der Waals surface area contributed by atoms with Crippen LogP contribution in [0.4, 0.5) is 5.69 Å². The lowest BCUT2D eigenvalue weighted by Crippen LogP contribution is -2.40. The Hall–Kier alpha value is -6.10. The van der Waals surface area contributed by atoms with Gasteiger partial charge >= 0.3 is 0 Å². The fourth-order valence-electron chi connectivity index (χ4n) is 9.13.